The summed E-state index contributed by atoms with van der Waals surface area (Å²) in [6.07, 6.45) is 0. The van der Waals surface area contributed by atoms with Crippen molar-refractivity contribution in [2.75, 3.05) is 19.5 Å². The quantitative estimate of drug-likeness (QED) is 0.445. The predicted octanol–water partition coefficient (Wildman–Crippen LogP) is 4.52. The molecule has 0 radical (unpaired) electrons. The van der Waals surface area contributed by atoms with E-state index in [9.17, 15) is 14.7 Å². The molecule has 1 saturated heterocycles. The number of thioether (sulfide) groups is 1. The second kappa shape index (κ2) is 11.8. The summed E-state index contributed by atoms with van der Waals surface area (Å²) in [5.74, 6) is -0.0238. The molecule has 0 saturated carbocycles. The normalized spacial score (nSPS) is 17.2. The Hall–Kier alpha value is -3.49. The Morgan fingerprint density at radius 2 is 1.60 bits per heavy atom. The first kappa shape index (κ1) is 24.6. The van der Waals surface area contributed by atoms with Gasteiger partial charge in [0, 0.05) is 5.75 Å². The molecule has 1 heterocycles. The smallest absolute Gasteiger partial charge is 0.327 e. The van der Waals surface area contributed by atoms with Crippen LogP contribution in [0.5, 0.6) is 11.5 Å². The van der Waals surface area contributed by atoms with Crippen molar-refractivity contribution in [1.82, 2.24) is 4.90 Å². The Balaban J connectivity index is 1.47. The molecule has 1 N–H and O–H groups in total. The molecule has 8 heteroatoms. The van der Waals surface area contributed by atoms with Crippen LogP contribution >= 0.6 is 11.8 Å². The van der Waals surface area contributed by atoms with Crippen molar-refractivity contribution < 1.29 is 28.9 Å². The fourth-order valence-corrected chi connectivity index (χ4v) is 5.29. The fourth-order valence-electron chi connectivity index (χ4n) is 3.86. The predicted molar refractivity (Wildman–Crippen MR) is 133 cm³/mol. The number of benzene rings is 3. The van der Waals surface area contributed by atoms with E-state index >= 15 is 0 Å². The lowest BCUT2D eigenvalue weighted by Crippen LogP contribution is -2.44. The van der Waals surface area contributed by atoms with Crippen LogP contribution in [0.2, 0.25) is 0 Å². The molecule has 0 aliphatic carbocycles. The zero-order valence-electron chi connectivity index (χ0n) is 19.3. The molecule has 7 nitrogen and oxygen atoms in total. The third-order valence-corrected chi connectivity index (χ3v) is 6.94. The second-order valence-corrected chi connectivity index (χ2v) is 9.12. The molecular formula is C27H27NO6S. The highest BCUT2D eigenvalue weighted by Gasteiger charge is 2.42. The highest BCUT2D eigenvalue weighted by atomic mass is 32.2. The number of carbonyl (C=O) groups excluding carboxylic acids is 1. The van der Waals surface area contributed by atoms with Gasteiger partial charge in [0.2, 0.25) is 0 Å². The Morgan fingerprint density at radius 1 is 0.943 bits per heavy atom. The van der Waals surface area contributed by atoms with Gasteiger partial charge >= 0.3 is 5.97 Å². The number of methoxy groups -OCH3 is 1. The molecule has 4 rings (SSSR count). The number of hydrogen-bond donors (Lipinski definition) is 1. The van der Waals surface area contributed by atoms with Crippen molar-refractivity contribution in [2.24, 2.45) is 0 Å². The van der Waals surface area contributed by atoms with E-state index < -0.39 is 17.4 Å². The van der Waals surface area contributed by atoms with E-state index in [4.69, 9.17) is 14.2 Å². The van der Waals surface area contributed by atoms with Gasteiger partial charge in [-0.15, -0.1) is 11.8 Å². The highest BCUT2D eigenvalue weighted by molar-refractivity contribution is 7.99. The molecule has 2 atom stereocenters. The van der Waals surface area contributed by atoms with Gasteiger partial charge in [0.25, 0.3) is 5.91 Å². The van der Waals surface area contributed by atoms with Crippen LogP contribution in [0.15, 0.2) is 78.9 Å². The van der Waals surface area contributed by atoms with Crippen LogP contribution in [0.3, 0.4) is 0 Å². The third-order valence-electron chi connectivity index (χ3n) is 5.62. The summed E-state index contributed by atoms with van der Waals surface area (Å²) < 4.78 is 17.1. The Morgan fingerprint density at radius 3 is 2.23 bits per heavy atom. The van der Waals surface area contributed by atoms with Gasteiger partial charge in [0.05, 0.1) is 13.7 Å². The fraction of sp³-hybridized carbons (Fsp3) is 0.259. The maximum absolute atomic E-state index is 13.1. The van der Waals surface area contributed by atoms with Gasteiger partial charge in [-0.25, -0.2) is 4.79 Å². The highest BCUT2D eigenvalue weighted by Crippen LogP contribution is 2.44. The lowest BCUT2D eigenvalue weighted by atomic mass is 10.1. The number of nitrogens with zero attached hydrogens (tertiary/aromatic N) is 1. The molecule has 3 aromatic carbocycles. The summed E-state index contributed by atoms with van der Waals surface area (Å²) in [4.78, 5) is 26.4. The Labute approximate surface area is 208 Å². The van der Waals surface area contributed by atoms with Crippen LogP contribution in [0.4, 0.5) is 0 Å². The molecule has 1 amide bonds. The molecular weight excluding hydrogens is 466 g/mol. The van der Waals surface area contributed by atoms with E-state index in [1.165, 1.54) is 16.7 Å². The average Bonchev–Trinajstić information content (AvgIpc) is 3.34. The molecule has 182 valence electrons. The number of carbonyl (C=O) groups is 2. The zero-order valence-corrected chi connectivity index (χ0v) is 20.1. The van der Waals surface area contributed by atoms with E-state index in [0.717, 1.165) is 16.7 Å². The van der Waals surface area contributed by atoms with E-state index in [0.29, 0.717) is 23.9 Å². The Bertz CT molecular complexity index is 1140. The van der Waals surface area contributed by atoms with Crippen molar-refractivity contribution >= 4 is 23.6 Å². The molecule has 1 aliphatic rings. The number of hydrogen-bond acceptors (Lipinski definition) is 6. The van der Waals surface area contributed by atoms with Gasteiger partial charge in [-0.2, -0.15) is 0 Å². The SMILES string of the molecule is COc1cc(C2SCC(C(=O)O)N2C(=O)COCc2ccccc2)ccc1OCc1ccccc1. The van der Waals surface area contributed by atoms with Crippen molar-refractivity contribution in [3.05, 3.63) is 95.6 Å². The second-order valence-electron chi connectivity index (χ2n) is 8.00. The summed E-state index contributed by atoms with van der Waals surface area (Å²) in [5.41, 5.74) is 2.74. The monoisotopic (exact) mass is 493 g/mol. The number of amides is 1. The van der Waals surface area contributed by atoms with Crippen LogP contribution in [0.25, 0.3) is 0 Å². The number of carboxylic acid groups (broad SMARTS) is 1. The van der Waals surface area contributed by atoms with Crippen LogP contribution in [0, 0.1) is 0 Å². The van der Waals surface area contributed by atoms with Gasteiger partial charge in [0.15, 0.2) is 11.5 Å². The zero-order chi connectivity index (χ0) is 24.6. The van der Waals surface area contributed by atoms with E-state index in [-0.39, 0.29) is 19.1 Å². The van der Waals surface area contributed by atoms with Crippen LogP contribution in [-0.4, -0.2) is 47.4 Å². The molecule has 0 spiro atoms. The van der Waals surface area contributed by atoms with Gasteiger partial charge < -0.3 is 24.2 Å². The number of carboxylic acids is 1. The van der Waals surface area contributed by atoms with E-state index in [1.807, 2.05) is 66.7 Å². The summed E-state index contributed by atoms with van der Waals surface area (Å²) in [6.45, 7) is 0.460. The summed E-state index contributed by atoms with van der Waals surface area (Å²) in [6, 6.07) is 23.8. The summed E-state index contributed by atoms with van der Waals surface area (Å²) in [7, 11) is 1.55. The van der Waals surface area contributed by atoms with Gasteiger partial charge in [-0.1, -0.05) is 66.7 Å². The first-order valence-corrected chi connectivity index (χ1v) is 12.2. The van der Waals surface area contributed by atoms with Crippen molar-refractivity contribution in [3.63, 3.8) is 0 Å². The molecule has 2 unspecified atom stereocenters. The molecule has 1 aliphatic heterocycles. The lowest BCUT2D eigenvalue weighted by molar-refractivity contribution is -0.151. The van der Waals surface area contributed by atoms with Crippen LogP contribution < -0.4 is 9.47 Å². The first-order chi connectivity index (χ1) is 17.1. The number of ether oxygens (including phenoxy) is 3. The third kappa shape index (κ3) is 6.15. The molecule has 35 heavy (non-hydrogen) atoms. The van der Waals surface area contributed by atoms with Gasteiger partial charge in [-0.3, -0.25) is 4.79 Å². The Kier molecular flexibility index (Phi) is 8.28. The minimum atomic E-state index is -1.04. The lowest BCUT2D eigenvalue weighted by Gasteiger charge is -2.28. The molecule has 3 aromatic rings. The summed E-state index contributed by atoms with van der Waals surface area (Å²) >= 11 is 1.41. The average molecular weight is 494 g/mol. The molecule has 0 bridgehead atoms. The molecule has 1 fully saturated rings. The van der Waals surface area contributed by atoms with Crippen molar-refractivity contribution in [3.8, 4) is 11.5 Å². The minimum absolute atomic E-state index is 0.203. The summed E-state index contributed by atoms with van der Waals surface area (Å²) in [5, 5.41) is 9.26. The maximum Gasteiger partial charge on any atom is 0.327 e. The maximum atomic E-state index is 13.1. The largest absolute Gasteiger partial charge is 0.493 e. The van der Waals surface area contributed by atoms with Gasteiger partial charge in [-0.05, 0) is 28.8 Å². The van der Waals surface area contributed by atoms with Crippen molar-refractivity contribution in [1.29, 1.82) is 0 Å². The van der Waals surface area contributed by atoms with E-state index in [1.54, 1.807) is 19.2 Å². The minimum Gasteiger partial charge on any atom is -0.493 e. The standard InChI is InChI=1S/C27H27NO6S/c1-32-24-14-21(12-13-23(24)34-16-20-10-6-3-7-11-20)26-28(22(18-35-26)27(30)31)25(29)17-33-15-19-8-4-2-5-9-19/h2-14,22,26H,15-18H2,1H3,(H,30,31). The molecule has 0 aromatic heterocycles. The number of rotatable bonds is 10. The van der Waals surface area contributed by atoms with Gasteiger partial charge in [0.1, 0.15) is 24.6 Å². The van der Waals surface area contributed by atoms with Crippen LogP contribution in [-0.2, 0) is 27.5 Å². The topological polar surface area (TPSA) is 85.3 Å². The number of aliphatic carboxylic acids is 1. The first-order valence-electron chi connectivity index (χ1n) is 11.2. The van der Waals surface area contributed by atoms with Crippen molar-refractivity contribution in [2.45, 2.75) is 24.6 Å². The van der Waals surface area contributed by atoms with E-state index in [2.05, 4.69) is 0 Å². The van der Waals surface area contributed by atoms with Crippen LogP contribution in [0.1, 0.15) is 22.1 Å².